The summed E-state index contributed by atoms with van der Waals surface area (Å²) in [4.78, 5) is 10.8. The summed E-state index contributed by atoms with van der Waals surface area (Å²) in [5, 5.41) is 3.46. The van der Waals surface area contributed by atoms with Gasteiger partial charge in [0, 0.05) is 31.2 Å². The summed E-state index contributed by atoms with van der Waals surface area (Å²) in [7, 11) is 0. The monoisotopic (exact) mass is 272 g/mol. The highest BCUT2D eigenvalue weighted by Crippen LogP contribution is 2.22. The van der Waals surface area contributed by atoms with Crippen LogP contribution in [-0.4, -0.2) is 38.0 Å². The number of hydrogen-bond donors (Lipinski definition) is 2. The lowest BCUT2D eigenvalue weighted by atomic mass is 9.90. The first kappa shape index (κ1) is 16.2. The summed E-state index contributed by atoms with van der Waals surface area (Å²) >= 11 is 0. The van der Waals surface area contributed by atoms with Gasteiger partial charge in [-0.25, -0.2) is 4.79 Å². The Morgan fingerprint density at radius 1 is 1.53 bits per heavy atom. The largest absolute Gasteiger partial charge is 0.449 e. The summed E-state index contributed by atoms with van der Waals surface area (Å²) in [5.74, 6) is 0.857. The van der Waals surface area contributed by atoms with E-state index in [1.54, 1.807) is 0 Å². The maximum atomic E-state index is 10.8. The Kier molecular flexibility index (Phi) is 6.58. The lowest BCUT2D eigenvalue weighted by Gasteiger charge is -2.29. The fourth-order valence-corrected chi connectivity index (χ4v) is 2.33. The Labute approximate surface area is 116 Å². The van der Waals surface area contributed by atoms with E-state index in [1.165, 1.54) is 6.42 Å². The molecule has 1 aliphatic rings. The van der Waals surface area contributed by atoms with Crippen LogP contribution in [0.4, 0.5) is 4.79 Å². The molecule has 1 saturated heterocycles. The second-order valence-electron chi connectivity index (χ2n) is 6.45. The van der Waals surface area contributed by atoms with Gasteiger partial charge in [0.2, 0.25) is 0 Å². The molecule has 0 spiro atoms. The molecule has 1 amide bonds. The van der Waals surface area contributed by atoms with Gasteiger partial charge in [0.1, 0.15) is 0 Å². The summed E-state index contributed by atoms with van der Waals surface area (Å²) in [6, 6.07) is 0. The lowest BCUT2D eigenvalue weighted by Crippen LogP contribution is -2.41. The highest BCUT2D eigenvalue weighted by Gasteiger charge is 2.22. The van der Waals surface area contributed by atoms with E-state index in [9.17, 15) is 4.79 Å². The van der Waals surface area contributed by atoms with Crippen LogP contribution < -0.4 is 11.1 Å². The number of nitrogens with two attached hydrogens (primary N) is 1. The van der Waals surface area contributed by atoms with E-state index >= 15 is 0 Å². The Balaban J connectivity index is 2.40. The molecule has 0 aromatic heterocycles. The van der Waals surface area contributed by atoms with Crippen LogP contribution in [-0.2, 0) is 9.47 Å². The number of carbonyl (C=O) groups is 1. The van der Waals surface area contributed by atoms with Gasteiger partial charge in [-0.2, -0.15) is 0 Å². The van der Waals surface area contributed by atoms with Crippen molar-refractivity contribution in [3.8, 4) is 0 Å². The zero-order chi connectivity index (χ0) is 14.3. The van der Waals surface area contributed by atoms with Crippen LogP contribution in [0.15, 0.2) is 0 Å². The molecule has 19 heavy (non-hydrogen) atoms. The van der Waals surface area contributed by atoms with Gasteiger partial charge in [0.15, 0.2) is 0 Å². The number of ether oxygens (including phenoxy) is 2. The van der Waals surface area contributed by atoms with Crippen LogP contribution in [0.25, 0.3) is 0 Å². The van der Waals surface area contributed by atoms with E-state index in [4.69, 9.17) is 15.2 Å². The van der Waals surface area contributed by atoms with E-state index in [-0.39, 0.29) is 5.54 Å². The van der Waals surface area contributed by atoms with Crippen molar-refractivity contribution < 1.29 is 14.3 Å². The van der Waals surface area contributed by atoms with Crippen molar-refractivity contribution in [1.29, 1.82) is 0 Å². The number of primary amides is 1. The van der Waals surface area contributed by atoms with E-state index in [0.29, 0.717) is 18.4 Å². The van der Waals surface area contributed by atoms with E-state index in [2.05, 4.69) is 26.1 Å². The normalized spacial score (nSPS) is 21.9. The summed E-state index contributed by atoms with van der Waals surface area (Å²) in [5.41, 5.74) is 5.11. The maximum Gasteiger partial charge on any atom is 0.404 e. The topological polar surface area (TPSA) is 73.6 Å². The Bertz CT molecular complexity index is 270. The number of carbonyl (C=O) groups excluding carboxylic acids is 1. The van der Waals surface area contributed by atoms with E-state index in [0.717, 1.165) is 32.6 Å². The molecule has 1 fully saturated rings. The number of amides is 1. The third-order valence-corrected chi connectivity index (χ3v) is 3.30. The summed E-state index contributed by atoms with van der Waals surface area (Å²) in [6.07, 6.45) is 2.64. The minimum Gasteiger partial charge on any atom is -0.449 e. The number of hydrogen-bond acceptors (Lipinski definition) is 4. The van der Waals surface area contributed by atoms with Crippen molar-refractivity contribution in [1.82, 2.24) is 5.32 Å². The van der Waals surface area contributed by atoms with Gasteiger partial charge in [0.05, 0.1) is 6.61 Å². The van der Waals surface area contributed by atoms with Gasteiger partial charge in [-0.3, -0.25) is 0 Å². The molecular formula is C14H28N2O3. The molecule has 0 saturated carbocycles. The van der Waals surface area contributed by atoms with Crippen LogP contribution in [0.1, 0.15) is 40.0 Å². The Hall–Kier alpha value is -0.810. The molecule has 1 heterocycles. The first-order valence-corrected chi connectivity index (χ1v) is 7.12. The second-order valence-corrected chi connectivity index (χ2v) is 6.45. The molecule has 0 radical (unpaired) electrons. The molecule has 1 rings (SSSR count). The van der Waals surface area contributed by atoms with Gasteiger partial charge >= 0.3 is 6.09 Å². The fraction of sp³-hybridized carbons (Fsp3) is 0.929. The fourth-order valence-electron chi connectivity index (χ4n) is 2.33. The number of nitrogens with one attached hydrogen (secondary N) is 1. The Morgan fingerprint density at radius 2 is 2.26 bits per heavy atom. The smallest absolute Gasteiger partial charge is 0.404 e. The zero-order valence-corrected chi connectivity index (χ0v) is 12.4. The van der Waals surface area contributed by atoms with Crippen molar-refractivity contribution >= 4 is 6.09 Å². The minimum atomic E-state index is -0.694. The first-order valence-electron chi connectivity index (χ1n) is 7.12. The third kappa shape index (κ3) is 8.06. The molecule has 0 aliphatic carbocycles. The Morgan fingerprint density at radius 3 is 2.79 bits per heavy atom. The predicted octanol–water partition coefficient (Wildman–Crippen LogP) is 1.90. The molecule has 5 nitrogen and oxygen atoms in total. The highest BCUT2D eigenvalue weighted by molar-refractivity contribution is 5.64. The highest BCUT2D eigenvalue weighted by atomic mass is 16.5. The molecular weight excluding hydrogens is 244 g/mol. The summed E-state index contributed by atoms with van der Waals surface area (Å²) in [6.45, 7) is 9.29. The van der Waals surface area contributed by atoms with Crippen molar-refractivity contribution in [2.75, 3.05) is 26.4 Å². The van der Waals surface area contributed by atoms with E-state index < -0.39 is 6.09 Å². The van der Waals surface area contributed by atoms with Crippen LogP contribution in [0.3, 0.4) is 0 Å². The van der Waals surface area contributed by atoms with Crippen LogP contribution in [0.5, 0.6) is 0 Å². The average Bonchev–Trinajstić information content (AvgIpc) is 2.33. The van der Waals surface area contributed by atoms with Crippen molar-refractivity contribution in [2.24, 2.45) is 17.6 Å². The summed E-state index contributed by atoms with van der Waals surface area (Å²) < 4.78 is 10.5. The van der Waals surface area contributed by atoms with Crippen LogP contribution in [0, 0.1) is 11.8 Å². The zero-order valence-electron chi connectivity index (χ0n) is 12.4. The molecule has 5 heteroatoms. The average molecular weight is 272 g/mol. The van der Waals surface area contributed by atoms with Crippen molar-refractivity contribution in [3.63, 3.8) is 0 Å². The van der Waals surface area contributed by atoms with Gasteiger partial charge in [0.25, 0.3) is 0 Å². The van der Waals surface area contributed by atoms with Crippen molar-refractivity contribution in [3.05, 3.63) is 0 Å². The SMILES string of the molecule is CC(C)(C)NC[C@@H](COC(N)=O)C[C@@H]1CCCOC1. The molecule has 0 aromatic carbocycles. The first-order chi connectivity index (χ1) is 8.87. The standard InChI is InChI=1S/C14H28N2O3/c1-14(2,3)16-8-12(10-19-13(15)17)7-11-5-4-6-18-9-11/h11-12,16H,4-10H2,1-3H3,(H2,15,17)/t11-,12-/m0/s1. The van der Waals surface area contributed by atoms with Gasteiger partial charge < -0.3 is 20.5 Å². The van der Waals surface area contributed by atoms with Gasteiger partial charge in [-0.05, 0) is 46.0 Å². The molecule has 3 N–H and O–H groups in total. The molecule has 1 aliphatic heterocycles. The molecule has 112 valence electrons. The van der Waals surface area contributed by atoms with E-state index in [1.807, 2.05) is 0 Å². The minimum absolute atomic E-state index is 0.0635. The lowest BCUT2D eigenvalue weighted by molar-refractivity contribution is 0.0381. The number of rotatable bonds is 6. The van der Waals surface area contributed by atoms with Gasteiger partial charge in [-0.15, -0.1) is 0 Å². The molecule has 0 bridgehead atoms. The third-order valence-electron chi connectivity index (χ3n) is 3.30. The van der Waals surface area contributed by atoms with Gasteiger partial charge in [-0.1, -0.05) is 0 Å². The second kappa shape index (κ2) is 7.70. The van der Waals surface area contributed by atoms with Crippen LogP contribution >= 0.6 is 0 Å². The van der Waals surface area contributed by atoms with Crippen LogP contribution in [0.2, 0.25) is 0 Å². The molecule has 0 aromatic rings. The predicted molar refractivity (Wildman–Crippen MR) is 74.9 cm³/mol. The quantitative estimate of drug-likeness (QED) is 0.774. The molecule has 0 unspecified atom stereocenters. The maximum absolute atomic E-state index is 10.8. The molecule has 2 atom stereocenters. The van der Waals surface area contributed by atoms with Crippen molar-refractivity contribution in [2.45, 2.75) is 45.6 Å².